The highest BCUT2D eigenvalue weighted by Gasteiger charge is 2.42. The maximum absolute atomic E-state index is 13.8. The van der Waals surface area contributed by atoms with E-state index in [1.807, 2.05) is 60.0 Å². The predicted molar refractivity (Wildman–Crippen MR) is 159 cm³/mol. The SMILES string of the molecule is CC(C)(C)C(=O)N(C(=O)[C@@H]1CCCN1)[C@H](Cc1ccc2ccccc2c1)C(=O)NCC(O)CNCc1cccs1. The number of aliphatic hydroxyl groups excluding tert-OH is 1. The summed E-state index contributed by atoms with van der Waals surface area (Å²) in [6, 6.07) is 16.3. The zero-order valence-corrected chi connectivity index (χ0v) is 24.3. The minimum Gasteiger partial charge on any atom is -0.390 e. The third-order valence-corrected chi connectivity index (χ3v) is 7.96. The molecule has 9 heteroatoms. The summed E-state index contributed by atoms with van der Waals surface area (Å²) in [6.07, 6.45) is 0.791. The van der Waals surface area contributed by atoms with Gasteiger partial charge in [0.2, 0.25) is 17.7 Å². The number of carbonyl (C=O) groups is 3. The Bertz CT molecular complexity index is 1300. The van der Waals surface area contributed by atoms with Crippen LogP contribution in [0.3, 0.4) is 0 Å². The molecule has 4 N–H and O–H groups in total. The van der Waals surface area contributed by atoms with Crippen molar-refractivity contribution in [1.29, 1.82) is 0 Å². The molecule has 0 bridgehead atoms. The van der Waals surface area contributed by atoms with E-state index in [2.05, 4.69) is 16.0 Å². The van der Waals surface area contributed by atoms with Crippen LogP contribution in [-0.2, 0) is 27.3 Å². The lowest BCUT2D eigenvalue weighted by atomic mass is 9.91. The van der Waals surface area contributed by atoms with Gasteiger partial charge in [-0.3, -0.25) is 19.3 Å². The van der Waals surface area contributed by atoms with Gasteiger partial charge in [-0.05, 0) is 47.2 Å². The van der Waals surface area contributed by atoms with Crippen molar-refractivity contribution in [2.24, 2.45) is 5.41 Å². The Morgan fingerprint density at radius 3 is 2.52 bits per heavy atom. The van der Waals surface area contributed by atoms with Crippen molar-refractivity contribution in [3.63, 3.8) is 0 Å². The van der Waals surface area contributed by atoms with Gasteiger partial charge >= 0.3 is 0 Å². The van der Waals surface area contributed by atoms with Crippen molar-refractivity contribution in [2.45, 2.75) is 64.8 Å². The lowest BCUT2D eigenvalue weighted by Gasteiger charge is -2.35. The second kappa shape index (κ2) is 13.5. The minimum absolute atomic E-state index is 0.00207. The average Bonchev–Trinajstić information content (AvgIpc) is 3.65. The number of thiophene rings is 1. The Hall–Kier alpha value is -3.11. The summed E-state index contributed by atoms with van der Waals surface area (Å²) >= 11 is 1.63. The summed E-state index contributed by atoms with van der Waals surface area (Å²) in [5.41, 5.74) is -0.0302. The molecule has 0 aliphatic carbocycles. The largest absolute Gasteiger partial charge is 0.390 e. The summed E-state index contributed by atoms with van der Waals surface area (Å²) < 4.78 is 0. The summed E-state index contributed by atoms with van der Waals surface area (Å²) in [7, 11) is 0. The molecule has 214 valence electrons. The molecule has 1 saturated heterocycles. The summed E-state index contributed by atoms with van der Waals surface area (Å²) in [5, 5.41) is 23.8. The van der Waals surface area contributed by atoms with Gasteiger partial charge in [0, 0.05) is 36.3 Å². The number of hydrogen-bond acceptors (Lipinski definition) is 7. The van der Waals surface area contributed by atoms with Crippen LogP contribution in [0.4, 0.5) is 0 Å². The normalized spacial score (nSPS) is 16.9. The second-order valence-corrected chi connectivity index (χ2v) is 12.5. The average molecular weight is 565 g/mol. The highest BCUT2D eigenvalue weighted by atomic mass is 32.1. The van der Waals surface area contributed by atoms with Crippen molar-refractivity contribution >= 4 is 39.8 Å². The monoisotopic (exact) mass is 564 g/mol. The van der Waals surface area contributed by atoms with E-state index in [4.69, 9.17) is 0 Å². The zero-order chi connectivity index (χ0) is 28.7. The number of rotatable bonds is 11. The van der Waals surface area contributed by atoms with Gasteiger partial charge in [-0.15, -0.1) is 11.3 Å². The van der Waals surface area contributed by atoms with Gasteiger partial charge in [-0.25, -0.2) is 0 Å². The number of nitrogens with one attached hydrogen (secondary N) is 3. The van der Waals surface area contributed by atoms with E-state index >= 15 is 0 Å². The lowest BCUT2D eigenvalue weighted by molar-refractivity contribution is -0.157. The third-order valence-electron chi connectivity index (χ3n) is 7.08. The molecule has 0 radical (unpaired) electrons. The Morgan fingerprint density at radius 2 is 1.85 bits per heavy atom. The molecule has 1 aromatic heterocycles. The van der Waals surface area contributed by atoms with Crippen LogP contribution in [0.25, 0.3) is 10.8 Å². The smallest absolute Gasteiger partial charge is 0.247 e. The fourth-order valence-electron chi connectivity index (χ4n) is 4.89. The first kappa shape index (κ1) is 29.9. The van der Waals surface area contributed by atoms with Crippen LogP contribution in [-0.4, -0.2) is 65.5 Å². The number of amides is 3. The molecule has 1 aliphatic rings. The van der Waals surface area contributed by atoms with Crippen LogP contribution < -0.4 is 16.0 Å². The number of nitrogens with zero attached hydrogens (tertiary/aromatic N) is 1. The molecule has 3 aromatic rings. The fourth-order valence-corrected chi connectivity index (χ4v) is 5.57. The van der Waals surface area contributed by atoms with Crippen molar-refractivity contribution < 1.29 is 19.5 Å². The van der Waals surface area contributed by atoms with E-state index in [-0.39, 0.29) is 18.9 Å². The molecule has 0 spiro atoms. The molecule has 1 aliphatic heterocycles. The molecule has 1 unspecified atom stereocenters. The van der Waals surface area contributed by atoms with E-state index in [1.165, 1.54) is 4.90 Å². The topological polar surface area (TPSA) is 111 Å². The van der Waals surface area contributed by atoms with Crippen LogP contribution in [0.2, 0.25) is 0 Å². The number of benzene rings is 2. The van der Waals surface area contributed by atoms with E-state index < -0.39 is 35.4 Å². The minimum atomic E-state index is -1.06. The molecule has 3 amide bonds. The van der Waals surface area contributed by atoms with Crippen molar-refractivity contribution in [1.82, 2.24) is 20.9 Å². The van der Waals surface area contributed by atoms with Gasteiger partial charge in [0.25, 0.3) is 0 Å². The molecular formula is C31H40N4O4S. The first-order valence-corrected chi connectivity index (χ1v) is 14.8. The Labute approximate surface area is 240 Å². The molecule has 40 heavy (non-hydrogen) atoms. The molecule has 2 aromatic carbocycles. The maximum Gasteiger partial charge on any atom is 0.247 e. The standard InChI is InChI=1S/C31H40N4O4S/c1-31(2,3)30(39)35(29(38)26-11-6-14-33-26)27(17-21-12-13-22-8-4-5-9-23(22)16-21)28(37)34-19-24(36)18-32-20-25-10-7-15-40-25/h4-5,7-10,12-13,15-16,24,26-27,32-33,36H,6,11,14,17-20H2,1-3H3,(H,34,37)/t24?,26-,27+/m0/s1. The number of aliphatic hydroxyl groups is 1. The van der Waals surface area contributed by atoms with Gasteiger partial charge in [0.15, 0.2) is 0 Å². The summed E-state index contributed by atoms with van der Waals surface area (Å²) in [5.74, 6) is -1.24. The number of fused-ring (bicyclic) bond motifs is 1. The quantitative estimate of drug-likeness (QED) is 0.285. The second-order valence-electron chi connectivity index (χ2n) is 11.4. The Morgan fingerprint density at radius 1 is 1.07 bits per heavy atom. The Kier molecular flexibility index (Phi) is 10.1. The van der Waals surface area contributed by atoms with Crippen LogP contribution in [0.1, 0.15) is 44.1 Å². The van der Waals surface area contributed by atoms with E-state index in [9.17, 15) is 19.5 Å². The predicted octanol–water partition coefficient (Wildman–Crippen LogP) is 3.23. The van der Waals surface area contributed by atoms with Gasteiger partial charge in [0.05, 0.1) is 12.1 Å². The molecule has 0 saturated carbocycles. The van der Waals surface area contributed by atoms with E-state index in [1.54, 1.807) is 32.1 Å². The van der Waals surface area contributed by atoms with Gasteiger partial charge in [0.1, 0.15) is 6.04 Å². The summed E-state index contributed by atoms with van der Waals surface area (Å²) in [4.78, 5) is 43.6. The molecule has 8 nitrogen and oxygen atoms in total. The third kappa shape index (κ3) is 7.75. The van der Waals surface area contributed by atoms with Gasteiger partial charge < -0.3 is 21.1 Å². The fraction of sp³-hybridized carbons (Fsp3) is 0.452. The lowest BCUT2D eigenvalue weighted by Crippen LogP contribution is -2.60. The highest BCUT2D eigenvalue weighted by Crippen LogP contribution is 2.25. The van der Waals surface area contributed by atoms with Crippen LogP contribution in [0.15, 0.2) is 60.0 Å². The molecule has 4 rings (SSSR count). The molecule has 3 atom stereocenters. The number of carbonyl (C=O) groups excluding carboxylic acids is 3. The van der Waals surface area contributed by atoms with Crippen molar-refractivity contribution in [3.8, 4) is 0 Å². The number of imide groups is 1. The zero-order valence-electron chi connectivity index (χ0n) is 23.5. The Balaban J connectivity index is 1.55. The summed E-state index contributed by atoms with van der Waals surface area (Å²) in [6.45, 7) is 6.88. The number of hydrogen-bond donors (Lipinski definition) is 4. The van der Waals surface area contributed by atoms with Crippen LogP contribution in [0.5, 0.6) is 0 Å². The van der Waals surface area contributed by atoms with Crippen molar-refractivity contribution in [2.75, 3.05) is 19.6 Å². The van der Waals surface area contributed by atoms with Crippen molar-refractivity contribution in [3.05, 3.63) is 70.4 Å². The maximum atomic E-state index is 13.8. The van der Waals surface area contributed by atoms with Gasteiger partial charge in [-0.1, -0.05) is 69.3 Å². The van der Waals surface area contributed by atoms with Gasteiger partial charge in [-0.2, -0.15) is 0 Å². The molecule has 2 heterocycles. The van der Waals surface area contributed by atoms with Crippen LogP contribution in [0, 0.1) is 5.41 Å². The van der Waals surface area contributed by atoms with E-state index in [0.29, 0.717) is 26.1 Å². The van der Waals surface area contributed by atoms with Crippen LogP contribution >= 0.6 is 11.3 Å². The first-order valence-electron chi connectivity index (χ1n) is 13.9. The first-order chi connectivity index (χ1) is 19.1. The van der Waals surface area contributed by atoms with E-state index in [0.717, 1.165) is 27.6 Å². The molecule has 1 fully saturated rings. The highest BCUT2D eigenvalue weighted by molar-refractivity contribution is 7.09. The molecular weight excluding hydrogens is 524 g/mol.